The van der Waals surface area contributed by atoms with Crippen molar-refractivity contribution in [1.29, 1.82) is 0 Å². The first-order valence-electron chi connectivity index (χ1n) is 5.37. The van der Waals surface area contributed by atoms with Gasteiger partial charge in [-0.25, -0.2) is 15.0 Å². The molecule has 3 aromatic rings. The highest BCUT2D eigenvalue weighted by atomic mass is 35.5. The second-order valence-electron chi connectivity index (χ2n) is 3.83. The van der Waals surface area contributed by atoms with Gasteiger partial charge in [0.2, 0.25) is 0 Å². The van der Waals surface area contributed by atoms with E-state index >= 15 is 0 Å². The van der Waals surface area contributed by atoms with E-state index < -0.39 is 0 Å². The minimum Gasteiger partial charge on any atom is -0.382 e. The fourth-order valence-electron chi connectivity index (χ4n) is 1.76. The predicted molar refractivity (Wildman–Crippen MR) is 72.2 cm³/mol. The van der Waals surface area contributed by atoms with Crippen LogP contribution in [0.3, 0.4) is 0 Å². The number of rotatable bonds is 1. The largest absolute Gasteiger partial charge is 0.382 e. The molecule has 3 heterocycles. The van der Waals surface area contributed by atoms with E-state index in [-0.39, 0.29) is 0 Å². The van der Waals surface area contributed by atoms with E-state index in [0.29, 0.717) is 16.5 Å². The number of hydrogen-bond acceptors (Lipinski definition) is 4. The minimum absolute atomic E-state index is 0.427. The summed E-state index contributed by atoms with van der Waals surface area (Å²) in [5.41, 5.74) is 8.21. The van der Waals surface area contributed by atoms with Gasteiger partial charge < -0.3 is 5.73 Å². The lowest BCUT2D eigenvalue weighted by molar-refractivity contribution is 1.29. The van der Waals surface area contributed by atoms with Gasteiger partial charge in [-0.3, -0.25) is 0 Å². The summed E-state index contributed by atoms with van der Waals surface area (Å²) < 4.78 is 0. The van der Waals surface area contributed by atoms with Gasteiger partial charge in [0.1, 0.15) is 16.5 Å². The highest BCUT2D eigenvalue weighted by molar-refractivity contribution is 6.29. The van der Waals surface area contributed by atoms with Crippen LogP contribution in [0.4, 0.5) is 5.82 Å². The molecule has 0 aliphatic heterocycles. The zero-order valence-corrected chi connectivity index (χ0v) is 10.1. The number of anilines is 1. The molecule has 3 rings (SSSR count). The van der Waals surface area contributed by atoms with E-state index in [4.69, 9.17) is 17.3 Å². The lowest BCUT2D eigenvalue weighted by Gasteiger charge is -2.04. The molecular weight excluding hydrogens is 248 g/mol. The average molecular weight is 257 g/mol. The van der Waals surface area contributed by atoms with Crippen molar-refractivity contribution >= 4 is 28.3 Å². The Morgan fingerprint density at radius 3 is 2.67 bits per heavy atom. The Morgan fingerprint density at radius 1 is 1.00 bits per heavy atom. The van der Waals surface area contributed by atoms with Crippen molar-refractivity contribution in [3.63, 3.8) is 0 Å². The normalized spacial score (nSPS) is 10.7. The number of pyridine rings is 3. The lowest BCUT2D eigenvalue weighted by Crippen LogP contribution is -1.94. The standard InChI is InChI=1S/C13H9ClN4/c14-11-4-2-9(7-17-11)10-3-1-8-5-6-16-13(15)12(8)18-10/h1-7H,(H2,15,16). The SMILES string of the molecule is Nc1nccc2ccc(-c3ccc(Cl)nc3)nc12. The first-order valence-corrected chi connectivity index (χ1v) is 5.75. The molecule has 0 atom stereocenters. The molecular formula is C13H9ClN4. The third-order valence-corrected chi connectivity index (χ3v) is 2.88. The molecule has 0 spiro atoms. The number of nitrogens with two attached hydrogens (primary N) is 1. The van der Waals surface area contributed by atoms with E-state index in [0.717, 1.165) is 16.6 Å². The second kappa shape index (κ2) is 4.23. The summed E-state index contributed by atoms with van der Waals surface area (Å²) in [6.45, 7) is 0. The maximum absolute atomic E-state index is 5.82. The van der Waals surface area contributed by atoms with Gasteiger partial charge in [-0.1, -0.05) is 17.7 Å². The number of fused-ring (bicyclic) bond motifs is 1. The average Bonchev–Trinajstić information content (AvgIpc) is 2.40. The van der Waals surface area contributed by atoms with Crippen molar-refractivity contribution in [2.45, 2.75) is 0 Å². The Morgan fingerprint density at radius 2 is 1.89 bits per heavy atom. The maximum Gasteiger partial charge on any atom is 0.149 e. The first-order chi connectivity index (χ1) is 8.74. The molecule has 0 radical (unpaired) electrons. The monoisotopic (exact) mass is 256 g/mol. The minimum atomic E-state index is 0.427. The molecule has 88 valence electrons. The maximum atomic E-state index is 5.82. The van der Waals surface area contributed by atoms with Crippen LogP contribution in [0.5, 0.6) is 0 Å². The van der Waals surface area contributed by atoms with Gasteiger partial charge in [0.25, 0.3) is 0 Å². The van der Waals surface area contributed by atoms with Crippen LogP contribution in [0, 0.1) is 0 Å². The van der Waals surface area contributed by atoms with Gasteiger partial charge in [-0.15, -0.1) is 0 Å². The highest BCUT2D eigenvalue weighted by Crippen LogP contribution is 2.23. The summed E-state index contributed by atoms with van der Waals surface area (Å²) in [6, 6.07) is 9.37. The number of nitrogens with zero attached hydrogens (tertiary/aromatic N) is 3. The molecule has 5 heteroatoms. The van der Waals surface area contributed by atoms with Crippen molar-refractivity contribution in [2.24, 2.45) is 0 Å². The molecule has 2 N–H and O–H groups in total. The van der Waals surface area contributed by atoms with Gasteiger partial charge in [0, 0.05) is 23.3 Å². The number of aromatic nitrogens is 3. The Kier molecular flexibility index (Phi) is 2.57. The number of nitrogen functional groups attached to an aromatic ring is 1. The number of hydrogen-bond donors (Lipinski definition) is 1. The van der Waals surface area contributed by atoms with Crippen LogP contribution in [0.25, 0.3) is 22.2 Å². The van der Waals surface area contributed by atoms with Crippen molar-refractivity contribution in [3.05, 3.63) is 47.9 Å². The van der Waals surface area contributed by atoms with Gasteiger partial charge in [-0.2, -0.15) is 0 Å². The van der Waals surface area contributed by atoms with Crippen LogP contribution in [-0.4, -0.2) is 15.0 Å². The molecule has 0 saturated heterocycles. The van der Waals surface area contributed by atoms with Crippen molar-refractivity contribution in [2.75, 3.05) is 5.73 Å². The number of halogens is 1. The summed E-state index contributed by atoms with van der Waals surface area (Å²) in [7, 11) is 0. The molecule has 3 aromatic heterocycles. The molecule has 18 heavy (non-hydrogen) atoms. The molecule has 0 amide bonds. The topological polar surface area (TPSA) is 64.7 Å². The van der Waals surface area contributed by atoms with E-state index in [2.05, 4.69) is 15.0 Å². The van der Waals surface area contributed by atoms with E-state index in [1.54, 1.807) is 18.5 Å². The zero-order valence-electron chi connectivity index (χ0n) is 9.34. The van der Waals surface area contributed by atoms with Crippen LogP contribution >= 0.6 is 11.6 Å². The molecule has 0 saturated carbocycles. The molecule has 0 fully saturated rings. The molecule has 0 unspecified atom stereocenters. The van der Waals surface area contributed by atoms with E-state index in [1.165, 1.54) is 0 Å². The van der Waals surface area contributed by atoms with E-state index in [1.807, 2.05) is 24.3 Å². The summed E-state index contributed by atoms with van der Waals surface area (Å²) in [4.78, 5) is 12.6. The lowest BCUT2D eigenvalue weighted by atomic mass is 10.1. The Bertz CT molecular complexity index is 710. The van der Waals surface area contributed by atoms with Crippen molar-refractivity contribution in [3.8, 4) is 11.3 Å². The molecule has 4 nitrogen and oxygen atoms in total. The predicted octanol–water partition coefficient (Wildman–Crippen LogP) is 2.93. The highest BCUT2D eigenvalue weighted by Gasteiger charge is 2.04. The molecule has 0 aliphatic rings. The van der Waals surface area contributed by atoms with Crippen LogP contribution in [0.2, 0.25) is 5.15 Å². The fourth-order valence-corrected chi connectivity index (χ4v) is 1.87. The van der Waals surface area contributed by atoms with Gasteiger partial charge in [0.15, 0.2) is 0 Å². The Labute approximate surface area is 108 Å². The summed E-state index contributed by atoms with van der Waals surface area (Å²) in [5, 5.41) is 1.42. The molecule has 0 aromatic carbocycles. The van der Waals surface area contributed by atoms with Gasteiger partial charge in [0.05, 0.1) is 5.69 Å². The van der Waals surface area contributed by atoms with E-state index in [9.17, 15) is 0 Å². The quantitative estimate of drug-likeness (QED) is 0.680. The summed E-state index contributed by atoms with van der Waals surface area (Å²) in [5.74, 6) is 0.427. The second-order valence-corrected chi connectivity index (χ2v) is 4.22. The van der Waals surface area contributed by atoms with Crippen molar-refractivity contribution < 1.29 is 0 Å². The van der Waals surface area contributed by atoms with Gasteiger partial charge in [-0.05, 0) is 24.3 Å². The summed E-state index contributed by atoms with van der Waals surface area (Å²) in [6.07, 6.45) is 3.35. The van der Waals surface area contributed by atoms with Gasteiger partial charge >= 0.3 is 0 Å². The first kappa shape index (κ1) is 10.9. The van der Waals surface area contributed by atoms with Crippen LogP contribution in [0.1, 0.15) is 0 Å². The fraction of sp³-hybridized carbons (Fsp3) is 0. The Hall–Kier alpha value is -2.20. The van der Waals surface area contributed by atoms with Crippen LogP contribution in [-0.2, 0) is 0 Å². The molecule has 0 bridgehead atoms. The van der Waals surface area contributed by atoms with Crippen LogP contribution in [0.15, 0.2) is 42.7 Å². The third kappa shape index (κ3) is 1.87. The summed E-state index contributed by atoms with van der Waals surface area (Å²) >= 11 is 5.76. The molecule has 0 aliphatic carbocycles. The van der Waals surface area contributed by atoms with Crippen LogP contribution < -0.4 is 5.73 Å². The smallest absolute Gasteiger partial charge is 0.149 e. The Balaban J connectivity index is 2.18. The zero-order chi connectivity index (χ0) is 12.5. The van der Waals surface area contributed by atoms with Crippen molar-refractivity contribution in [1.82, 2.24) is 15.0 Å². The third-order valence-electron chi connectivity index (χ3n) is 2.66.